The summed E-state index contributed by atoms with van der Waals surface area (Å²) in [5.41, 5.74) is -0.933. The summed E-state index contributed by atoms with van der Waals surface area (Å²) in [4.78, 5) is 1.77. The molecule has 1 aromatic rings. The Balaban J connectivity index is 1.96. The minimum Gasteiger partial charge on any atom is -0.305 e. The standard InChI is InChI=1S/C15H19F3N2O2S/c1-19-8-7-13(10-19)20(12-5-6-12)23(21,22)14-4-2-3-11(9-14)15(16,17)18/h2-4,9,12-13H,5-8,10H2,1H3. The van der Waals surface area contributed by atoms with Crippen molar-refractivity contribution in [3.05, 3.63) is 29.8 Å². The highest BCUT2D eigenvalue weighted by Crippen LogP contribution is 2.37. The number of alkyl halides is 3. The van der Waals surface area contributed by atoms with Crippen LogP contribution in [0.5, 0.6) is 0 Å². The summed E-state index contributed by atoms with van der Waals surface area (Å²) >= 11 is 0. The van der Waals surface area contributed by atoms with Crippen LogP contribution in [-0.2, 0) is 16.2 Å². The van der Waals surface area contributed by atoms with Crippen LogP contribution in [0.15, 0.2) is 29.2 Å². The number of hydrogen-bond acceptors (Lipinski definition) is 3. The Hall–Kier alpha value is -1.12. The van der Waals surface area contributed by atoms with E-state index in [9.17, 15) is 21.6 Å². The van der Waals surface area contributed by atoms with Gasteiger partial charge in [0.2, 0.25) is 10.0 Å². The van der Waals surface area contributed by atoms with E-state index in [-0.39, 0.29) is 17.0 Å². The van der Waals surface area contributed by atoms with E-state index in [1.807, 2.05) is 11.9 Å². The van der Waals surface area contributed by atoms with Gasteiger partial charge in [0.25, 0.3) is 0 Å². The lowest BCUT2D eigenvalue weighted by molar-refractivity contribution is -0.137. The maximum atomic E-state index is 12.9. The first-order chi connectivity index (χ1) is 10.7. The Morgan fingerprint density at radius 1 is 1.17 bits per heavy atom. The monoisotopic (exact) mass is 348 g/mol. The normalized spacial score (nSPS) is 23.6. The van der Waals surface area contributed by atoms with Crippen molar-refractivity contribution in [1.29, 1.82) is 0 Å². The molecule has 3 rings (SSSR count). The number of halogens is 3. The Labute approximate surface area is 133 Å². The molecule has 128 valence electrons. The molecule has 1 saturated carbocycles. The second-order valence-electron chi connectivity index (χ2n) is 6.30. The molecule has 0 bridgehead atoms. The van der Waals surface area contributed by atoms with Crippen molar-refractivity contribution in [2.75, 3.05) is 20.1 Å². The van der Waals surface area contributed by atoms with Crippen molar-refractivity contribution in [2.45, 2.75) is 42.4 Å². The number of likely N-dealkylation sites (N-methyl/N-ethyl adjacent to an activating group) is 1. The minimum absolute atomic E-state index is 0.0777. The fourth-order valence-corrected chi connectivity index (χ4v) is 5.03. The SMILES string of the molecule is CN1CCC(N(C2CC2)S(=O)(=O)c2cccc(C(F)(F)F)c2)C1. The smallest absolute Gasteiger partial charge is 0.305 e. The third-order valence-corrected chi connectivity index (χ3v) is 6.37. The molecule has 1 unspecified atom stereocenters. The second kappa shape index (κ2) is 5.75. The molecule has 0 N–H and O–H groups in total. The fraction of sp³-hybridized carbons (Fsp3) is 0.600. The molecule has 1 atom stereocenters. The van der Waals surface area contributed by atoms with E-state index >= 15 is 0 Å². The Bertz CT molecular complexity index is 686. The van der Waals surface area contributed by atoms with Crippen LogP contribution in [0, 0.1) is 0 Å². The maximum Gasteiger partial charge on any atom is 0.416 e. The van der Waals surface area contributed by atoms with Gasteiger partial charge in [-0.2, -0.15) is 17.5 Å². The van der Waals surface area contributed by atoms with Crippen LogP contribution in [0.3, 0.4) is 0 Å². The van der Waals surface area contributed by atoms with Gasteiger partial charge in [0.1, 0.15) is 0 Å². The van der Waals surface area contributed by atoms with Crippen molar-refractivity contribution >= 4 is 10.0 Å². The van der Waals surface area contributed by atoms with Gasteiger partial charge in [-0.15, -0.1) is 0 Å². The van der Waals surface area contributed by atoms with Crippen molar-refractivity contribution in [3.8, 4) is 0 Å². The van der Waals surface area contributed by atoms with Crippen LogP contribution in [0.1, 0.15) is 24.8 Å². The number of rotatable bonds is 4. The molecule has 0 aromatic heterocycles. The van der Waals surface area contributed by atoms with Gasteiger partial charge in [0.05, 0.1) is 10.5 Å². The van der Waals surface area contributed by atoms with Crippen LogP contribution in [0.4, 0.5) is 13.2 Å². The zero-order valence-electron chi connectivity index (χ0n) is 12.8. The lowest BCUT2D eigenvalue weighted by Gasteiger charge is -2.28. The largest absolute Gasteiger partial charge is 0.416 e. The first-order valence-corrected chi connectivity index (χ1v) is 9.03. The Morgan fingerprint density at radius 3 is 2.39 bits per heavy atom. The average molecular weight is 348 g/mol. The molecule has 1 aliphatic carbocycles. The van der Waals surface area contributed by atoms with Gasteiger partial charge in [-0.3, -0.25) is 0 Å². The number of hydrogen-bond donors (Lipinski definition) is 0. The molecule has 4 nitrogen and oxygen atoms in total. The van der Waals surface area contributed by atoms with Crippen LogP contribution < -0.4 is 0 Å². The topological polar surface area (TPSA) is 40.6 Å². The van der Waals surface area contributed by atoms with Crippen LogP contribution >= 0.6 is 0 Å². The summed E-state index contributed by atoms with van der Waals surface area (Å²) in [7, 11) is -2.00. The van der Waals surface area contributed by atoms with E-state index in [4.69, 9.17) is 0 Å². The van der Waals surface area contributed by atoms with Crippen LogP contribution in [0.2, 0.25) is 0 Å². The van der Waals surface area contributed by atoms with E-state index in [1.165, 1.54) is 10.4 Å². The highest BCUT2D eigenvalue weighted by molar-refractivity contribution is 7.89. The number of benzene rings is 1. The minimum atomic E-state index is -4.55. The molecule has 0 spiro atoms. The van der Waals surface area contributed by atoms with Gasteiger partial charge < -0.3 is 4.90 Å². The Morgan fingerprint density at radius 2 is 1.87 bits per heavy atom. The molecule has 0 radical (unpaired) electrons. The highest BCUT2D eigenvalue weighted by atomic mass is 32.2. The number of likely N-dealkylation sites (tertiary alicyclic amines) is 1. The molecule has 0 amide bonds. The van der Waals surface area contributed by atoms with E-state index in [2.05, 4.69) is 0 Å². The average Bonchev–Trinajstić information content (AvgIpc) is 3.20. The molecule has 1 heterocycles. The molecular weight excluding hydrogens is 329 g/mol. The summed E-state index contributed by atoms with van der Waals surface area (Å²) in [5, 5.41) is 0. The summed E-state index contributed by atoms with van der Waals surface area (Å²) in [6.45, 7) is 1.42. The summed E-state index contributed by atoms with van der Waals surface area (Å²) in [6.07, 6.45) is -2.29. The van der Waals surface area contributed by atoms with E-state index in [0.717, 1.165) is 37.6 Å². The zero-order chi connectivity index (χ0) is 16.8. The van der Waals surface area contributed by atoms with E-state index in [1.54, 1.807) is 0 Å². The lowest BCUT2D eigenvalue weighted by atomic mass is 10.2. The molecule has 1 aromatic carbocycles. The summed E-state index contributed by atoms with van der Waals surface area (Å²) < 4.78 is 65.9. The van der Waals surface area contributed by atoms with Crippen LogP contribution in [0.25, 0.3) is 0 Å². The fourth-order valence-electron chi connectivity index (χ4n) is 3.09. The highest BCUT2D eigenvalue weighted by Gasteiger charge is 2.44. The van der Waals surface area contributed by atoms with Gasteiger partial charge >= 0.3 is 6.18 Å². The number of sulfonamides is 1. The summed E-state index contributed by atoms with van der Waals surface area (Å²) in [6, 6.07) is 3.80. The van der Waals surface area contributed by atoms with E-state index in [0.29, 0.717) is 13.0 Å². The first-order valence-electron chi connectivity index (χ1n) is 7.59. The quantitative estimate of drug-likeness (QED) is 0.840. The molecule has 23 heavy (non-hydrogen) atoms. The lowest BCUT2D eigenvalue weighted by Crippen LogP contribution is -2.43. The van der Waals surface area contributed by atoms with Crippen LogP contribution in [-0.4, -0.2) is 49.8 Å². The van der Waals surface area contributed by atoms with Crippen molar-refractivity contribution in [3.63, 3.8) is 0 Å². The molecule has 2 fully saturated rings. The van der Waals surface area contributed by atoms with Gasteiger partial charge in [-0.25, -0.2) is 8.42 Å². The van der Waals surface area contributed by atoms with Crippen molar-refractivity contribution in [2.24, 2.45) is 0 Å². The van der Waals surface area contributed by atoms with Crippen molar-refractivity contribution < 1.29 is 21.6 Å². The van der Waals surface area contributed by atoms with E-state index < -0.39 is 21.8 Å². The third kappa shape index (κ3) is 3.39. The van der Waals surface area contributed by atoms with Gasteiger partial charge in [0, 0.05) is 18.6 Å². The molecule has 2 aliphatic rings. The van der Waals surface area contributed by atoms with Gasteiger partial charge in [0.15, 0.2) is 0 Å². The maximum absolute atomic E-state index is 12.9. The molecule has 1 aliphatic heterocycles. The summed E-state index contributed by atoms with van der Waals surface area (Å²) in [5.74, 6) is 0. The first kappa shape index (κ1) is 16.7. The molecule has 8 heteroatoms. The second-order valence-corrected chi connectivity index (χ2v) is 8.14. The Kier molecular flexibility index (Phi) is 4.18. The molecular formula is C15H19F3N2O2S. The third-order valence-electron chi connectivity index (χ3n) is 4.37. The predicted octanol–water partition coefficient (Wildman–Crippen LogP) is 2.56. The number of nitrogens with zero attached hydrogens (tertiary/aromatic N) is 2. The predicted molar refractivity (Wildman–Crippen MR) is 79.4 cm³/mol. The van der Waals surface area contributed by atoms with Gasteiger partial charge in [-0.05, 0) is 51.1 Å². The van der Waals surface area contributed by atoms with Crippen molar-refractivity contribution in [1.82, 2.24) is 9.21 Å². The zero-order valence-corrected chi connectivity index (χ0v) is 13.6. The molecule has 1 saturated heterocycles. The van der Waals surface area contributed by atoms with Gasteiger partial charge in [-0.1, -0.05) is 6.07 Å².